The Bertz CT molecular complexity index is 457. The largest absolute Gasteiger partial charge is 0.393 e. The molecule has 0 aromatic heterocycles. The Morgan fingerprint density at radius 1 is 1.26 bits per heavy atom. The van der Waals surface area contributed by atoms with Crippen LogP contribution in [0.5, 0.6) is 0 Å². The van der Waals surface area contributed by atoms with Gasteiger partial charge in [-0.25, -0.2) is 8.78 Å². The van der Waals surface area contributed by atoms with Crippen molar-refractivity contribution in [2.24, 2.45) is 0 Å². The summed E-state index contributed by atoms with van der Waals surface area (Å²) in [6.07, 6.45) is 2.33. The van der Waals surface area contributed by atoms with Crippen molar-refractivity contribution in [3.8, 4) is 0 Å². The highest BCUT2D eigenvalue weighted by atomic mass is 19.2. The number of carbonyl (C=O) groups excluding carboxylic acids is 1. The van der Waals surface area contributed by atoms with Crippen LogP contribution in [0.25, 0.3) is 0 Å². The Kier molecular flexibility index (Phi) is 4.47. The first-order chi connectivity index (χ1) is 9.06. The lowest BCUT2D eigenvalue weighted by Gasteiger charge is -2.26. The van der Waals surface area contributed by atoms with Crippen molar-refractivity contribution in [3.63, 3.8) is 0 Å². The highest BCUT2D eigenvalue weighted by Gasteiger charge is 2.21. The molecule has 2 rings (SSSR count). The Hall–Kier alpha value is -1.49. The molecule has 2 N–H and O–H groups in total. The molecule has 0 spiro atoms. The molecule has 19 heavy (non-hydrogen) atoms. The van der Waals surface area contributed by atoms with Crippen molar-refractivity contribution in [3.05, 3.63) is 35.4 Å². The zero-order chi connectivity index (χ0) is 13.8. The number of nitrogens with one attached hydrogen (secondary N) is 1. The Labute approximate surface area is 110 Å². The van der Waals surface area contributed by atoms with Gasteiger partial charge in [0.05, 0.1) is 12.5 Å². The third kappa shape index (κ3) is 3.73. The van der Waals surface area contributed by atoms with Crippen LogP contribution in [0.4, 0.5) is 8.78 Å². The maximum Gasteiger partial charge on any atom is 0.224 e. The third-order valence-electron chi connectivity index (χ3n) is 3.44. The van der Waals surface area contributed by atoms with E-state index in [1.54, 1.807) is 0 Å². The molecular formula is C14H17F2NO2. The number of benzene rings is 1. The highest BCUT2D eigenvalue weighted by Crippen LogP contribution is 2.18. The van der Waals surface area contributed by atoms with Gasteiger partial charge in [-0.3, -0.25) is 4.79 Å². The van der Waals surface area contributed by atoms with Gasteiger partial charge in [0, 0.05) is 11.6 Å². The predicted octanol–water partition coefficient (Wildman–Crippen LogP) is 1.93. The molecule has 3 nitrogen and oxygen atoms in total. The van der Waals surface area contributed by atoms with Crippen LogP contribution < -0.4 is 5.32 Å². The minimum Gasteiger partial charge on any atom is -0.393 e. The summed E-state index contributed by atoms with van der Waals surface area (Å²) >= 11 is 0. The molecule has 0 aliphatic heterocycles. The van der Waals surface area contributed by atoms with Gasteiger partial charge < -0.3 is 10.4 Å². The highest BCUT2D eigenvalue weighted by molar-refractivity contribution is 5.78. The van der Waals surface area contributed by atoms with Crippen molar-refractivity contribution in [2.45, 2.75) is 44.2 Å². The fraction of sp³-hybridized carbons (Fsp3) is 0.500. The van der Waals surface area contributed by atoms with Gasteiger partial charge in [0.1, 0.15) is 0 Å². The lowest BCUT2D eigenvalue weighted by atomic mass is 9.93. The third-order valence-corrected chi connectivity index (χ3v) is 3.44. The van der Waals surface area contributed by atoms with Crippen molar-refractivity contribution < 1.29 is 18.7 Å². The molecule has 0 atom stereocenters. The molecule has 1 aromatic rings. The van der Waals surface area contributed by atoms with Crippen LogP contribution in [0, 0.1) is 11.6 Å². The summed E-state index contributed by atoms with van der Waals surface area (Å²) in [4.78, 5) is 11.8. The minimum absolute atomic E-state index is 0.0209. The number of halogens is 2. The van der Waals surface area contributed by atoms with Crippen LogP contribution in [0.1, 0.15) is 31.2 Å². The summed E-state index contributed by atoms with van der Waals surface area (Å²) in [5.74, 6) is -2.21. The van der Waals surface area contributed by atoms with Gasteiger partial charge >= 0.3 is 0 Å². The number of amides is 1. The second-order valence-electron chi connectivity index (χ2n) is 4.96. The summed E-state index contributed by atoms with van der Waals surface area (Å²) in [5.41, 5.74) is 0.0633. The standard InChI is InChI=1S/C14H17F2NO2/c15-12-3-1-2-9(14(12)16)8-13(19)17-10-4-6-11(18)7-5-10/h1-3,10-11,18H,4-8H2,(H,17,19). The maximum absolute atomic E-state index is 13.4. The van der Waals surface area contributed by atoms with Gasteiger partial charge in [0.15, 0.2) is 11.6 Å². The van der Waals surface area contributed by atoms with Crippen LogP contribution in [-0.4, -0.2) is 23.2 Å². The monoisotopic (exact) mass is 269 g/mol. The average Bonchev–Trinajstić information content (AvgIpc) is 2.38. The van der Waals surface area contributed by atoms with Gasteiger partial charge in [-0.05, 0) is 31.7 Å². The topological polar surface area (TPSA) is 49.3 Å². The molecule has 5 heteroatoms. The minimum atomic E-state index is -0.961. The van der Waals surface area contributed by atoms with Crippen LogP contribution in [-0.2, 0) is 11.2 Å². The average molecular weight is 269 g/mol. The molecule has 1 aromatic carbocycles. The normalized spacial score (nSPS) is 23.1. The summed E-state index contributed by atoms with van der Waals surface area (Å²) in [5, 5.41) is 12.2. The molecule has 104 valence electrons. The lowest BCUT2D eigenvalue weighted by Crippen LogP contribution is -2.39. The molecule has 0 unspecified atom stereocenters. The van der Waals surface area contributed by atoms with Crippen LogP contribution in [0.3, 0.4) is 0 Å². The number of hydrogen-bond acceptors (Lipinski definition) is 2. The first-order valence-corrected chi connectivity index (χ1v) is 6.46. The SMILES string of the molecule is O=C(Cc1cccc(F)c1F)NC1CCC(O)CC1. The van der Waals surface area contributed by atoms with Crippen molar-refractivity contribution in [1.82, 2.24) is 5.32 Å². The lowest BCUT2D eigenvalue weighted by molar-refractivity contribution is -0.121. The van der Waals surface area contributed by atoms with Gasteiger partial charge in [0.25, 0.3) is 0 Å². The molecule has 1 aliphatic rings. The summed E-state index contributed by atoms with van der Waals surface area (Å²) in [7, 11) is 0. The molecule has 0 radical (unpaired) electrons. The van der Waals surface area contributed by atoms with Crippen molar-refractivity contribution in [1.29, 1.82) is 0 Å². The van der Waals surface area contributed by atoms with Gasteiger partial charge in [-0.2, -0.15) is 0 Å². The van der Waals surface area contributed by atoms with Crippen LogP contribution >= 0.6 is 0 Å². The first kappa shape index (κ1) is 13.9. The van der Waals surface area contributed by atoms with E-state index in [-0.39, 0.29) is 30.0 Å². The molecule has 0 bridgehead atoms. The summed E-state index contributed by atoms with van der Waals surface area (Å²) < 4.78 is 26.4. The van der Waals surface area contributed by atoms with E-state index in [0.717, 1.165) is 18.9 Å². The molecule has 0 heterocycles. The van der Waals surface area contributed by atoms with E-state index in [1.807, 2.05) is 0 Å². The van der Waals surface area contributed by atoms with Gasteiger partial charge in [-0.15, -0.1) is 0 Å². The zero-order valence-corrected chi connectivity index (χ0v) is 10.5. The van der Waals surface area contributed by atoms with Crippen molar-refractivity contribution in [2.75, 3.05) is 0 Å². The maximum atomic E-state index is 13.4. The van der Waals surface area contributed by atoms with E-state index in [4.69, 9.17) is 0 Å². The van der Waals surface area contributed by atoms with Crippen LogP contribution in [0.15, 0.2) is 18.2 Å². The molecule has 1 fully saturated rings. The number of aliphatic hydroxyl groups excluding tert-OH is 1. The molecular weight excluding hydrogens is 252 g/mol. The first-order valence-electron chi connectivity index (χ1n) is 6.46. The number of rotatable bonds is 3. The fourth-order valence-corrected chi connectivity index (χ4v) is 2.36. The number of hydrogen-bond donors (Lipinski definition) is 2. The van der Waals surface area contributed by atoms with E-state index in [0.29, 0.717) is 12.8 Å². The van der Waals surface area contributed by atoms with Gasteiger partial charge in [-0.1, -0.05) is 12.1 Å². The smallest absolute Gasteiger partial charge is 0.224 e. The van der Waals surface area contributed by atoms with Gasteiger partial charge in [0.2, 0.25) is 5.91 Å². The van der Waals surface area contributed by atoms with Crippen molar-refractivity contribution >= 4 is 5.91 Å². The quantitative estimate of drug-likeness (QED) is 0.881. The Morgan fingerprint density at radius 3 is 2.63 bits per heavy atom. The second kappa shape index (κ2) is 6.10. The molecule has 0 saturated heterocycles. The van der Waals surface area contributed by atoms with E-state index < -0.39 is 11.6 Å². The number of aliphatic hydroxyl groups is 1. The summed E-state index contributed by atoms with van der Waals surface area (Å²) in [6.45, 7) is 0. The van der Waals surface area contributed by atoms with E-state index in [9.17, 15) is 18.7 Å². The number of carbonyl (C=O) groups is 1. The Morgan fingerprint density at radius 2 is 1.95 bits per heavy atom. The zero-order valence-electron chi connectivity index (χ0n) is 10.5. The predicted molar refractivity (Wildman–Crippen MR) is 66.5 cm³/mol. The molecule has 1 saturated carbocycles. The summed E-state index contributed by atoms with van der Waals surface area (Å²) in [6, 6.07) is 3.84. The van der Waals surface area contributed by atoms with E-state index >= 15 is 0 Å². The van der Waals surface area contributed by atoms with E-state index in [1.165, 1.54) is 12.1 Å². The Balaban J connectivity index is 1.89. The van der Waals surface area contributed by atoms with Crippen LogP contribution in [0.2, 0.25) is 0 Å². The second-order valence-corrected chi connectivity index (χ2v) is 4.96. The fourth-order valence-electron chi connectivity index (χ4n) is 2.36. The van der Waals surface area contributed by atoms with E-state index in [2.05, 4.69) is 5.32 Å². The molecule has 1 aliphatic carbocycles. The molecule has 1 amide bonds.